The first-order valence-electron chi connectivity index (χ1n) is 10.3. The zero-order chi connectivity index (χ0) is 20.8. The molecule has 1 amide bonds. The van der Waals surface area contributed by atoms with Gasteiger partial charge in [-0.15, -0.1) is 0 Å². The molecule has 0 saturated carbocycles. The van der Waals surface area contributed by atoms with Crippen LogP contribution in [-0.2, 0) is 16.0 Å². The number of carboxylic acid groups (broad SMARTS) is 1. The maximum Gasteiger partial charge on any atom is 0.317 e. The summed E-state index contributed by atoms with van der Waals surface area (Å²) in [6, 6.07) is 16.7. The third kappa shape index (κ3) is 5.67. The Balaban J connectivity index is 1.82. The summed E-state index contributed by atoms with van der Waals surface area (Å²) in [5.41, 5.74) is 4.63. The topological polar surface area (TPSA) is 60.9 Å². The smallest absolute Gasteiger partial charge is 0.317 e. The zero-order valence-corrected chi connectivity index (χ0v) is 17.3. The van der Waals surface area contributed by atoms with Crippen molar-refractivity contribution in [3.8, 4) is 11.1 Å². The van der Waals surface area contributed by atoms with E-state index in [1.54, 1.807) is 0 Å². The van der Waals surface area contributed by atoms with Crippen LogP contribution in [0.1, 0.15) is 24.5 Å². The van der Waals surface area contributed by atoms with Gasteiger partial charge in [0.1, 0.15) is 0 Å². The van der Waals surface area contributed by atoms with E-state index in [4.69, 9.17) is 0 Å². The van der Waals surface area contributed by atoms with E-state index < -0.39 is 5.97 Å². The number of carboxylic acids is 1. The van der Waals surface area contributed by atoms with Crippen molar-refractivity contribution in [2.75, 3.05) is 32.7 Å². The fraction of sp³-hybridized carbons (Fsp3) is 0.417. The molecule has 1 aliphatic heterocycles. The Bertz CT molecular complexity index is 865. The van der Waals surface area contributed by atoms with Gasteiger partial charge in [-0.05, 0) is 36.5 Å². The molecule has 2 aromatic rings. The molecule has 1 aliphatic rings. The first kappa shape index (κ1) is 21.1. The molecule has 1 atom stereocenters. The molecule has 1 fully saturated rings. The van der Waals surface area contributed by atoms with Crippen LogP contribution in [0.25, 0.3) is 11.1 Å². The summed E-state index contributed by atoms with van der Waals surface area (Å²) >= 11 is 0. The van der Waals surface area contributed by atoms with Crippen molar-refractivity contribution in [1.29, 1.82) is 0 Å². The monoisotopic (exact) mass is 394 g/mol. The maximum absolute atomic E-state index is 13.1. The zero-order valence-electron chi connectivity index (χ0n) is 17.3. The summed E-state index contributed by atoms with van der Waals surface area (Å²) in [6.45, 7) is 6.54. The van der Waals surface area contributed by atoms with Gasteiger partial charge in [0.15, 0.2) is 0 Å². The van der Waals surface area contributed by atoms with Crippen molar-refractivity contribution >= 4 is 11.9 Å². The van der Waals surface area contributed by atoms with Crippen molar-refractivity contribution in [2.24, 2.45) is 5.92 Å². The number of carbonyl (C=O) groups excluding carboxylic acids is 1. The molecule has 154 valence electrons. The summed E-state index contributed by atoms with van der Waals surface area (Å²) in [4.78, 5) is 28.1. The molecule has 1 saturated heterocycles. The average Bonchev–Trinajstić information content (AvgIpc) is 2.82. The van der Waals surface area contributed by atoms with Crippen LogP contribution in [0.5, 0.6) is 0 Å². The summed E-state index contributed by atoms with van der Waals surface area (Å²) in [7, 11) is 0. The van der Waals surface area contributed by atoms with Crippen LogP contribution in [0, 0.1) is 12.8 Å². The van der Waals surface area contributed by atoms with Crippen LogP contribution in [-0.4, -0.2) is 59.5 Å². The Kier molecular flexibility index (Phi) is 7.04. The van der Waals surface area contributed by atoms with Gasteiger partial charge >= 0.3 is 5.97 Å². The second-order valence-corrected chi connectivity index (χ2v) is 7.93. The molecule has 1 heterocycles. The molecule has 0 aliphatic carbocycles. The number of carbonyl (C=O) groups is 2. The van der Waals surface area contributed by atoms with Crippen molar-refractivity contribution < 1.29 is 14.7 Å². The number of amides is 1. The Labute approximate surface area is 172 Å². The second-order valence-electron chi connectivity index (χ2n) is 7.93. The maximum atomic E-state index is 13.1. The van der Waals surface area contributed by atoms with Gasteiger partial charge in [0, 0.05) is 26.2 Å². The summed E-state index contributed by atoms with van der Waals surface area (Å²) < 4.78 is 0. The van der Waals surface area contributed by atoms with Crippen LogP contribution in [0.15, 0.2) is 48.5 Å². The Morgan fingerprint density at radius 2 is 1.83 bits per heavy atom. The minimum absolute atomic E-state index is 0.0208. The van der Waals surface area contributed by atoms with E-state index in [0.717, 1.165) is 24.1 Å². The van der Waals surface area contributed by atoms with Crippen molar-refractivity contribution in [1.82, 2.24) is 9.80 Å². The second kappa shape index (κ2) is 9.70. The number of aryl methyl sites for hydroxylation is 1. The molecule has 0 unspecified atom stereocenters. The molecule has 5 nitrogen and oxygen atoms in total. The lowest BCUT2D eigenvalue weighted by molar-refractivity contribution is -0.139. The van der Waals surface area contributed by atoms with Crippen LogP contribution >= 0.6 is 0 Å². The van der Waals surface area contributed by atoms with Crippen LogP contribution < -0.4 is 0 Å². The first-order valence-corrected chi connectivity index (χ1v) is 10.3. The van der Waals surface area contributed by atoms with Gasteiger partial charge in [0.2, 0.25) is 5.91 Å². The number of aliphatic carboxylic acids is 1. The number of benzene rings is 2. The molecule has 0 bridgehead atoms. The highest BCUT2D eigenvalue weighted by molar-refractivity contribution is 5.80. The molecule has 5 heteroatoms. The van der Waals surface area contributed by atoms with Gasteiger partial charge in [-0.1, -0.05) is 61.0 Å². The van der Waals surface area contributed by atoms with Gasteiger partial charge in [-0.2, -0.15) is 0 Å². The van der Waals surface area contributed by atoms with E-state index in [2.05, 4.69) is 56.3 Å². The fourth-order valence-electron chi connectivity index (χ4n) is 4.08. The highest BCUT2D eigenvalue weighted by Crippen LogP contribution is 2.24. The average molecular weight is 395 g/mol. The number of hydrogen-bond acceptors (Lipinski definition) is 3. The lowest BCUT2D eigenvalue weighted by Crippen LogP contribution is -2.38. The Morgan fingerprint density at radius 1 is 1.10 bits per heavy atom. The molecular weight excluding hydrogens is 364 g/mol. The molecule has 29 heavy (non-hydrogen) atoms. The Hall–Kier alpha value is -2.66. The summed E-state index contributed by atoms with van der Waals surface area (Å²) in [5.74, 6) is -0.932. The Morgan fingerprint density at radius 3 is 2.52 bits per heavy atom. The van der Waals surface area contributed by atoms with Crippen molar-refractivity contribution in [3.63, 3.8) is 0 Å². The van der Waals surface area contributed by atoms with Gasteiger partial charge in [-0.3, -0.25) is 14.5 Å². The fourth-order valence-corrected chi connectivity index (χ4v) is 4.08. The molecule has 2 aromatic carbocycles. The van der Waals surface area contributed by atoms with E-state index in [-0.39, 0.29) is 18.4 Å². The summed E-state index contributed by atoms with van der Waals surface area (Å²) in [6.07, 6.45) is 1.52. The van der Waals surface area contributed by atoms with E-state index in [1.807, 2.05) is 15.9 Å². The predicted molar refractivity (Wildman–Crippen MR) is 115 cm³/mol. The van der Waals surface area contributed by atoms with Crippen LogP contribution in [0.3, 0.4) is 0 Å². The number of hydrogen-bond donors (Lipinski definition) is 1. The van der Waals surface area contributed by atoms with Crippen LogP contribution in [0.4, 0.5) is 0 Å². The standard InChI is InChI=1S/C24H30N2O3/c1-3-10-26-12-11-25(17-23(27)28)16-22(24(26)29)15-19-7-5-9-21(14-19)20-8-4-6-18(2)13-20/h4-9,13-14,22H,3,10-12,15-17H2,1-2H3,(H,27,28)/t22-/m1/s1. The highest BCUT2D eigenvalue weighted by Gasteiger charge is 2.30. The molecule has 0 radical (unpaired) electrons. The molecule has 0 spiro atoms. The van der Waals surface area contributed by atoms with Crippen molar-refractivity contribution in [2.45, 2.75) is 26.7 Å². The largest absolute Gasteiger partial charge is 0.480 e. The highest BCUT2D eigenvalue weighted by atomic mass is 16.4. The third-order valence-corrected chi connectivity index (χ3v) is 5.44. The molecule has 3 rings (SSSR count). The van der Waals surface area contributed by atoms with Gasteiger partial charge in [0.25, 0.3) is 0 Å². The van der Waals surface area contributed by atoms with E-state index in [0.29, 0.717) is 26.1 Å². The number of nitrogens with zero attached hydrogens (tertiary/aromatic N) is 2. The van der Waals surface area contributed by atoms with Crippen molar-refractivity contribution in [3.05, 3.63) is 59.7 Å². The first-order chi connectivity index (χ1) is 14.0. The predicted octanol–water partition coefficient (Wildman–Crippen LogP) is 3.46. The molecule has 0 aromatic heterocycles. The van der Waals surface area contributed by atoms with Gasteiger partial charge < -0.3 is 10.0 Å². The lowest BCUT2D eigenvalue weighted by Gasteiger charge is -2.23. The SMILES string of the molecule is CCCN1CCN(CC(=O)O)C[C@@H](Cc2cccc(-c3cccc(C)c3)c2)C1=O. The quantitative estimate of drug-likeness (QED) is 0.781. The normalized spacial score (nSPS) is 17.9. The van der Waals surface area contributed by atoms with Gasteiger partial charge in [-0.25, -0.2) is 0 Å². The van der Waals surface area contributed by atoms with Gasteiger partial charge in [0.05, 0.1) is 12.5 Å². The van der Waals surface area contributed by atoms with E-state index in [1.165, 1.54) is 11.1 Å². The molecular formula is C24H30N2O3. The van der Waals surface area contributed by atoms with E-state index in [9.17, 15) is 14.7 Å². The minimum atomic E-state index is -0.846. The van der Waals surface area contributed by atoms with Crippen LogP contribution in [0.2, 0.25) is 0 Å². The number of rotatable bonds is 7. The minimum Gasteiger partial charge on any atom is -0.480 e. The summed E-state index contributed by atoms with van der Waals surface area (Å²) in [5, 5.41) is 9.21. The lowest BCUT2D eigenvalue weighted by atomic mass is 9.94. The third-order valence-electron chi connectivity index (χ3n) is 5.44. The van der Waals surface area contributed by atoms with E-state index >= 15 is 0 Å². The molecule has 1 N–H and O–H groups in total.